The van der Waals surface area contributed by atoms with Gasteiger partial charge in [0.15, 0.2) is 0 Å². The van der Waals surface area contributed by atoms with E-state index in [4.69, 9.17) is 11.6 Å². The molecule has 0 spiro atoms. The largest absolute Gasteiger partial charge is 0.367 e. The van der Waals surface area contributed by atoms with Crippen LogP contribution in [0.1, 0.15) is 35.8 Å². The van der Waals surface area contributed by atoms with Crippen LogP contribution in [0.3, 0.4) is 0 Å². The molecule has 3 rings (SSSR count). The van der Waals surface area contributed by atoms with E-state index in [1.54, 1.807) is 6.20 Å². The number of nitrogens with one attached hydrogen (secondary N) is 1. The molecule has 0 radical (unpaired) electrons. The topological polar surface area (TPSA) is 41.1 Å². The fraction of sp³-hybridized carbons (Fsp3) is 0.444. The van der Waals surface area contributed by atoms with Gasteiger partial charge in [0, 0.05) is 17.8 Å². The van der Waals surface area contributed by atoms with Crippen LogP contribution >= 0.6 is 11.6 Å². The van der Waals surface area contributed by atoms with Crippen molar-refractivity contribution in [1.29, 1.82) is 0 Å². The van der Waals surface area contributed by atoms with E-state index >= 15 is 0 Å². The summed E-state index contributed by atoms with van der Waals surface area (Å²) < 4.78 is 0. The van der Waals surface area contributed by atoms with Gasteiger partial charge < -0.3 is 5.32 Å². The van der Waals surface area contributed by atoms with E-state index in [0.717, 1.165) is 41.9 Å². The highest BCUT2D eigenvalue weighted by Gasteiger charge is 2.23. The lowest BCUT2D eigenvalue weighted by Crippen LogP contribution is -2.31. The van der Waals surface area contributed by atoms with Gasteiger partial charge in [0.25, 0.3) is 0 Å². The molecule has 1 atom stereocenters. The number of nitrogens with zero attached hydrogens (tertiary/aromatic N) is 3. The SMILES string of the molecule is Cc1cnc(C)c(NC[C@H](c2ccc(Cl)cc2)N2CCCC2)n1. The molecule has 1 aromatic heterocycles. The standard InChI is InChI=1S/C18H23ClN4/c1-13-11-20-14(2)18(22-13)21-12-17(23-9-3-4-10-23)15-5-7-16(19)8-6-15/h5-8,11,17H,3-4,9-10,12H2,1-2H3,(H,21,22)/t17-/m1/s1. The predicted molar refractivity (Wildman–Crippen MR) is 95.0 cm³/mol. The van der Waals surface area contributed by atoms with Gasteiger partial charge in [-0.25, -0.2) is 4.98 Å². The number of aryl methyl sites for hydroxylation is 2. The van der Waals surface area contributed by atoms with Gasteiger partial charge in [-0.1, -0.05) is 23.7 Å². The third-order valence-corrected chi connectivity index (χ3v) is 4.63. The summed E-state index contributed by atoms with van der Waals surface area (Å²) in [4.78, 5) is 11.5. The van der Waals surface area contributed by atoms with E-state index in [9.17, 15) is 0 Å². The van der Waals surface area contributed by atoms with Crippen LogP contribution in [-0.4, -0.2) is 34.5 Å². The summed E-state index contributed by atoms with van der Waals surface area (Å²) in [6.07, 6.45) is 4.35. The maximum Gasteiger partial charge on any atom is 0.147 e. The van der Waals surface area contributed by atoms with Gasteiger partial charge in [-0.15, -0.1) is 0 Å². The molecule has 1 aliphatic heterocycles. The number of aromatic nitrogens is 2. The molecule has 122 valence electrons. The summed E-state index contributed by atoms with van der Waals surface area (Å²) in [5, 5.41) is 4.28. The molecule has 0 amide bonds. The molecule has 2 heterocycles. The van der Waals surface area contributed by atoms with Crippen LogP contribution in [-0.2, 0) is 0 Å². The zero-order valence-electron chi connectivity index (χ0n) is 13.7. The minimum atomic E-state index is 0.330. The van der Waals surface area contributed by atoms with Crippen molar-refractivity contribution in [1.82, 2.24) is 14.9 Å². The molecule has 0 aliphatic carbocycles. The van der Waals surface area contributed by atoms with E-state index < -0.39 is 0 Å². The lowest BCUT2D eigenvalue weighted by Gasteiger charge is -2.28. The maximum atomic E-state index is 6.04. The van der Waals surface area contributed by atoms with Crippen LogP contribution in [0.4, 0.5) is 5.82 Å². The van der Waals surface area contributed by atoms with Gasteiger partial charge in [-0.3, -0.25) is 9.88 Å². The second kappa shape index (κ2) is 7.28. The zero-order chi connectivity index (χ0) is 16.2. The molecule has 1 fully saturated rings. The number of rotatable bonds is 5. The van der Waals surface area contributed by atoms with Crippen molar-refractivity contribution in [3.05, 3.63) is 52.4 Å². The van der Waals surface area contributed by atoms with Crippen LogP contribution in [0.5, 0.6) is 0 Å². The van der Waals surface area contributed by atoms with Crippen molar-refractivity contribution in [2.24, 2.45) is 0 Å². The van der Waals surface area contributed by atoms with E-state index in [1.165, 1.54) is 18.4 Å². The number of hydrogen-bond acceptors (Lipinski definition) is 4. The van der Waals surface area contributed by atoms with Crippen LogP contribution < -0.4 is 5.32 Å². The first-order chi connectivity index (χ1) is 11.1. The summed E-state index contributed by atoms with van der Waals surface area (Å²) in [6, 6.07) is 8.52. The van der Waals surface area contributed by atoms with Gasteiger partial charge >= 0.3 is 0 Å². The number of benzene rings is 1. The molecule has 5 heteroatoms. The van der Waals surface area contributed by atoms with Crippen molar-refractivity contribution < 1.29 is 0 Å². The molecular formula is C18H23ClN4. The molecule has 23 heavy (non-hydrogen) atoms. The Morgan fingerprint density at radius 2 is 1.87 bits per heavy atom. The van der Waals surface area contributed by atoms with Gasteiger partial charge in [-0.05, 0) is 57.5 Å². The Labute approximate surface area is 142 Å². The molecule has 2 aromatic rings. The number of likely N-dealkylation sites (tertiary alicyclic amines) is 1. The molecule has 4 nitrogen and oxygen atoms in total. The second-order valence-electron chi connectivity index (χ2n) is 6.14. The monoisotopic (exact) mass is 330 g/mol. The Balaban J connectivity index is 1.78. The quantitative estimate of drug-likeness (QED) is 0.899. The predicted octanol–water partition coefficient (Wildman–Crippen LogP) is 4.00. The zero-order valence-corrected chi connectivity index (χ0v) is 14.5. The summed E-state index contributed by atoms with van der Waals surface area (Å²) in [6.45, 7) is 7.07. The Bertz CT molecular complexity index is 651. The first-order valence-electron chi connectivity index (χ1n) is 8.17. The lowest BCUT2D eigenvalue weighted by atomic mass is 10.1. The third-order valence-electron chi connectivity index (χ3n) is 4.37. The van der Waals surface area contributed by atoms with Gasteiger partial charge in [-0.2, -0.15) is 0 Å². The fourth-order valence-corrected chi connectivity index (χ4v) is 3.22. The molecule has 1 aliphatic rings. The molecule has 1 aromatic carbocycles. The van der Waals surface area contributed by atoms with Crippen LogP contribution in [0, 0.1) is 13.8 Å². The summed E-state index contributed by atoms with van der Waals surface area (Å²) in [7, 11) is 0. The van der Waals surface area contributed by atoms with Gasteiger partial charge in [0.05, 0.1) is 17.4 Å². The Morgan fingerprint density at radius 3 is 2.57 bits per heavy atom. The first kappa shape index (κ1) is 16.2. The highest BCUT2D eigenvalue weighted by molar-refractivity contribution is 6.30. The van der Waals surface area contributed by atoms with Gasteiger partial charge in [0.2, 0.25) is 0 Å². The van der Waals surface area contributed by atoms with E-state index in [2.05, 4.69) is 32.3 Å². The van der Waals surface area contributed by atoms with Crippen molar-refractivity contribution in [2.75, 3.05) is 25.0 Å². The lowest BCUT2D eigenvalue weighted by molar-refractivity contribution is 0.256. The van der Waals surface area contributed by atoms with Crippen molar-refractivity contribution in [2.45, 2.75) is 32.7 Å². The fourth-order valence-electron chi connectivity index (χ4n) is 3.09. The minimum Gasteiger partial charge on any atom is -0.367 e. The Morgan fingerprint density at radius 1 is 1.17 bits per heavy atom. The molecule has 1 saturated heterocycles. The molecule has 0 bridgehead atoms. The van der Waals surface area contributed by atoms with Crippen molar-refractivity contribution in [3.63, 3.8) is 0 Å². The molecule has 0 saturated carbocycles. The summed E-state index contributed by atoms with van der Waals surface area (Å²) in [5.41, 5.74) is 3.16. The molecule has 0 unspecified atom stereocenters. The number of hydrogen-bond donors (Lipinski definition) is 1. The average molecular weight is 331 g/mol. The third kappa shape index (κ3) is 4.01. The molecule has 1 N–H and O–H groups in total. The van der Waals surface area contributed by atoms with Crippen LogP contribution in [0.25, 0.3) is 0 Å². The minimum absolute atomic E-state index is 0.330. The maximum absolute atomic E-state index is 6.04. The van der Waals surface area contributed by atoms with Crippen molar-refractivity contribution >= 4 is 17.4 Å². The van der Waals surface area contributed by atoms with Crippen molar-refractivity contribution in [3.8, 4) is 0 Å². The number of anilines is 1. The Hall–Kier alpha value is -1.65. The van der Waals surface area contributed by atoms with E-state index in [-0.39, 0.29) is 0 Å². The highest BCUT2D eigenvalue weighted by Crippen LogP contribution is 2.26. The second-order valence-corrected chi connectivity index (χ2v) is 6.57. The number of halogens is 1. The highest BCUT2D eigenvalue weighted by atomic mass is 35.5. The first-order valence-corrected chi connectivity index (χ1v) is 8.55. The molecular weight excluding hydrogens is 308 g/mol. The average Bonchev–Trinajstić information content (AvgIpc) is 3.07. The van der Waals surface area contributed by atoms with E-state index in [0.29, 0.717) is 6.04 Å². The normalized spacial score (nSPS) is 16.5. The van der Waals surface area contributed by atoms with Gasteiger partial charge in [0.1, 0.15) is 5.82 Å². The summed E-state index contributed by atoms with van der Waals surface area (Å²) >= 11 is 6.04. The smallest absolute Gasteiger partial charge is 0.147 e. The van der Waals surface area contributed by atoms with E-state index in [1.807, 2.05) is 26.0 Å². The Kier molecular flexibility index (Phi) is 5.13. The van der Waals surface area contributed by atoms with Crippen LogP contribution in [0.2, 0.25) is 5.02 Å². The summed E-state index contributed by atoms with van der Waals surface area (Å²) in [5.74, 6) is 0.878. The van der Waals surface area contributed by atoms with Crippen LogP contribution in [0.15, 0.2) is 30.5 Å².